The Hall–Kier alpha value is -2.15. The Morgan fingerprint density at radius 1 is 1.38 bits per heavy atom. The number of amides is 1. The number of aromatic nitrogens is 3. The fourth-order valence-corrected chi connectivity index (χ4v) is 3.37. The molecule has 2 atom stereocenters. The minimum atomic E-state index is -0.347. The van der Waals surface area contributed by atoms with Gasteiger partial charge < -0.3 is 18.7 Å². The molecule has 2 aromatic rings. The molecule has 7 heteroatoms. The van der Waals surface area contributed by atoms with E-state index in [1.54, 1.807) is 4.90 Å². The molecule has 0 N–H and O–H groups in total. The number of rotatable bonds is 3. The molecular formula is C17H22N4O3. The van der Waals surface area contributed by atoms with Crippen molar-refractivity contribution in [2.75, 3.05) is 13.2 Å². The summed E-state index contributed by atoms with van der Waals surface area (Å²) in [5.41, 5.74) is 1.65. The van der Waals surface area contributed by atoms with Gasteiger partial charge in [-0.3, -0.25) is 4.79 Å². The highest BCUT2D eigenvalue weighted by atomic mass is 16.5. The standard InChI is InChI=1S/C17H22N4O3/c1-10-6-7-20(3)13(10)17(22)21-8-9-23-11(2)14(21)16-18-15(19-24-16)12-4-5-12/h6-7,11-12,14H,4-5,8-9H2,1-3H3/t11-,14+/m1/s1. The highest BCUT2D eigenvalue weighted by Crippen LogP contribution is 2.39. The van der Waals surface area contributed by atoms with Crippen LogP contribution < -0.4 is 0 Å². The molecule has 1 aliphatic carbocycles. The minimum absolute atomic E-state index is 0.0219. The molecule has 24 heavy (non-hydrogen) atoms. The highest BCUT2D eigenvalue weighted by molar-refractivity contribution is 5.94. The second-order valence-corrected chi connectivity index (χ2v) is 6.74. The van der Waals surface area contributed by atoms with Crippen molar-refractivity contribution >= 4 is 5.91 Å². The molecule has 1 amide bonds. The molecule has 1 saturated heterocycles. The molecular weight excluding hydrogens is 308 g/mol. The van der Waals surface area contributed by atoms with Crippen molar-refractivity contribution < 1.29 is 14.1 Å². The number of carbonyl (C=O) groups excluding carboxylic acids is 1. The molecule has 0 unspecified atom stereocenters. The summed E-state index contributed by atoms with van der Waals surface area (Å²) in [6.45, 7) is 4.92. The van der Waals surface area contributed by atoms with Gasteiger partial charge in [-0.25, -0.2) is 0 Å². The van der Waals surface area contributed by atoms with Crippen molar-refractivity contribution in [1.82, 2.24) is 19.6 Å². The van der Waals surface area contributed by atoms with E-state index in [9.17, 15) is 4.79 Å². The first-order valence-electron chi connectivity index (χ1n) is 8.44. The summed E-state index contributed by atoms with van der Waals surface area (Å²) >= 11 is 0. The summed E-state index contributed by atoms with van der Waals surface area (Å²) in [6.07, 6.45) is 3.94. The van der Waals surface area contributed by atoms with E-state index in [-0.39, 0.29) is 18.1 Å². The fraction of sp³-hybridized carbons (Fsp3) is 0.588. The van der Waals surface area contributed by atoms with E-state index in [1.807, 2.05) is 37.7 Å². The molecule has 0 radical (unpaired) electrons. The number of aryl methyl sites for hydroxylation is 2. The van der Waals surface area contributed by atoms with Gasteiger partial charge in [0.25, 0.3) is 11.8 Å². The van der Waals surface area contributed by atoms with E-state index in [2.05, 4.69) is 10.1 Å². The van der Waals surface area contributed by atoms with Crippen LogP contribution in [0.2, 0.25) is 0 Å². The lowest BCUT2D eigenvalue weighted by Gasteiger charge is -2.37. The molecule has 4 rings (SSSR count). The van der Waals surface area contributed by atoms with E-state index < -0.39 is 0 Å². The molecule has 2 fully saturated rings. The number of morpholine rings is 1. The topological polar surface area (TPSA) is 73.4 Å². The van der Waals surface area contributed by atoms with Gasteiger partial charge in [0.15, 0.2) is 5.82 Å². The van der Waals surface area contributed by atoms with Crippen LogP contribution in [0.4, 0.5) is 0 Å². The van der Waals surface area contributed by atoms with Crippen LogP contribution in [-0.2, 0) is 11.8 Å². The van der Waals surface area contributed by atoms with Gasteiger partial charge in [0.05, 0.1) is 12.7 Å². The molecule has 0 bridgehead atoms. The van der Waals surface area contributed by atoms with Crippen molar-refractivity contribution in [3.8, 4) is 0 Å². The van der Waals surface area contributed by atoms with Gasteiger partial charge in [0, 0.05) is 25.7 Å². The lowest BCUT2D eigenvalue weighted by atomic mass is 10.1. The van der Waals surface area contributed by atoms with Crippen LogP contribution in [0.15, 0.2) is 16.8 Å². The van der Waals surface area contributed by atoms with Crippen molar-refractivity contribution in [3.05, 3.63) is 35.2 Å². The quantitative estimate of drug-likeness (QED) is 0.862. The Morgan fingerprint density at radius 3 is 2.83 bits per heavy atom. The predicted octanol–water partition coefficient (Wildman–Crippen LogP) is 2.20. The second kappa shape index (κ2) is 5.73. The fourth-order valence-electron chi connectivity index (χ4n) is 3.37. The monoisotopic (exact) mass is 330 g/mol. The number of carbonyl (C=O) groups is 1. The lowest BCUT2D eigenvalue weighted by molar-refractivity contribution is -0.0603. The first kappa shape index (κ1) is 15.4. The van der Waals surface area contributed by atoms with Gasteiger partial charge in [0.2, 0.25) is 0 Å². The average molecular weight is 330 g/mol. The average Bonchev–Trinajstić information content (AvgIpc) is 3.21. The van der Waals surface area contributed by atoms with Gasteiger partial charge in [-0.15, -0.1) is 0 Å². The van der Waals surface area contributed by atoms with Crippen molar-refractivity contribution in [2.45, 2.75) is 44.8 Å². The van der Waals surface area contributed by atoms with E-state index in [0.29, 0.717) is 30.7 Å². The number of ether oxygens (including phenoxy) is 1. The van der Waals surface area contributed by atoms with Crippen molar-refractivity contribution in [2.24, 2.45) is 7.05 Å². The number of hydrogen-bond donors (Lipinski definition) is 0. The third kappa shape index (κ3) is 2.53. The Morgan fingerprint density at radius 2 is 2.17 bits per heavy atom. The van der Waals surface area contributed by atoms with E-state index >= 15 is 0 Å². The molecule has 1 saturated carbocycles. The first-order chi connectivity index (χ1) is 11.6. The van der Waals surface area contributed by atoms with Crippen LogP contribution in [0.1, 0.15) is 59.5 Å². The largest absolute Gasteiger partial charge is 0.374 e. The summed E-state index contributed by atoms with van der Waals surface area (Å²) in [4.78, 5) is 19.5. The smallest absolute Gasteiger partial charge is 0.271 e. The first-order valence-corrected chi connectivity index (χ1v) is 8.44. The van der Waals surface area contributed by atoms with Crippen molar-refractivity contribution in [3.63, 3.8) is 0 Å². The zero-order valence-electron chi connectivity index (χ0n) is 14.2. The van der Waals surface area contributed by atoms with Crippen LogP contribution >= 0.6 is 0 Å². The third-order valence-corrected chi connectivity index (χ3v) is 4.88. The Labute approximate surface area is 140 Å². The van der Waals surface area contributed by atoms with Gasteiger partial charge in [0.1, 0.15) is 11.7 Å². The van der Waals surface area contributed by atoms with Gasteiger partial charge in [-0.05, 0) is 38.3 Å². The summed E-state index contributed by atoms with van der Waals surface area (Å²) in [6, 6.07) is 1.60. The molecule has 2 aromatic heterocycles. The van der Waals surface area contributed by atoms with Crippen LogP contribution in [0, 0.1) is 6.92 Å². The normalized spacial score (nSPS) is 24.4. The Bertz CT molecular complexity index is 742. The number of nitrogens with zero attached hydrogens (tertiary/aromatic N) is 4. The third-order valence-electron chi connectivity index (χ3n) is 4.88. The van der Waals surface area contributed by atoms with Crippen molar-refractivity contribution in [1.29, 1.82) is 0 Å². The maximum Gasteiger partial charge on any atom is 0.271 e. The minimum Gasteiger partial charge on any atom is -0.374 e. The highest BCUT2D eigenvalue weighted by Gasteiger charge is 2.40. The molecule has 3 heterocycles. The SMILES string of the molecule is Cc1ccn(C)c1C(=O)N1CCO[C@H](C)[C@H]1c1nc(C2CC2)no1. The maximum absolute atomic E-state index is 13.1. The zero-order valence-corrected chi connectivity index (χ0v) is 14.2. The second-order valence-electron chi connectivity index (χ2n) is 6.74. The van der Waals surface area contributed by atoms with Crippen LogP contribution in [0.25, 0.3) is 0 Å². The summed E-state index contributed by atoms with van der Waals surface area (Å²) < 4.78 is 13.1. The molecule has 7 nitrogen and oxygen atoms in total. The summed E-state index contributed by atoms with van der Waals surface area (Å²) in [7, 11) is 1.89. The zero-order chi connectivity index (χ0) is 16.8. The van der Waals surface area contributed by atoms with E-state index in [4.69, 9.17) is 9.26 Å². The lowest BCUT2D eigenvalue weighted by Crippen LogP contribution is -2.48. The maximum atomic E-state index is 13.1. The summed E-state index contributed by atoms with van der Waals surface area (Å²) in [5.74, 6) is 1.63. The molecule has 2 aliphatic rings. The van der Waals surface area contributed by atoms with E-state index in [1.165, 1.54) is 0 Å². The van der Waals surface area contributed by atoms with Crippen LogP contribution in [-0.4, -0.2) is 44.8 Å². The molecule has 128 valence electrons. The Balaban J connectivity index is 1.67. The van der Waals surface area contributed by atoms with Gasteiger partial charge in [-0.2, -0.15) is 4.98 Å². The molecule has 0 aromatic carbocycles. The van der Waals surface area contributed by atoms with Crippen LogP contribution in [0.3, 0.4) is 0 Å². The molecule has 1 aliphatic heterocycles. The predicted molar refractivity (Wildman–Crippen MR) is 85.6 cm³/mol. The Kier molecular flexibility index (Phi) is 3.68. The van der Waals surface area contributed by atoms with Gasteiger partial charge >= 0.3 is 0 Å². The number of hydrogen-bond acceptors (Lipinski definition) is 5. The van der Waals surface area contributed by atoms with Gasteiger partial charge in [-0.1, -0.05) is 5.16 Å². The summed E-state index contributed by atoms with van der Waals surface area (Å²) in [5, 5.41) is 4.09. The van der Waals surface area contributed by atoms with Crippen LogP contribution in [0.5, 0.6) is 0 Å². The van der Waals surface area contributed by atoms with E-state index in [0.717, 1.165) is 24.2 Å². The molecule has 0 spiro atoms.